The van der Waals surface area contributed by atoms with Gasteiger partial charge >= 0.3 is 0 Å². The molecule has 0 spiro atoms. The number of nitrogens with two attached hydrogens (primary N) is 2. The van der Waals surface area contributed by atoms with E-state index in [1.54, 1.807) is 12.3 Å². The maximum Gasteiger partial charge on any atom is 0.252 e. The number of hydrogen-bond donors (Lipinski definition) is 2. The molecule has 5 heteroatoms. The van der Waals surface area contributed by atoms with Crippen LogP contribution in [0.25, 0.3) is 0 Å². The highest BCUT2D eigenvalue weighted by molar-refractivity contribution is 5.98. The maximum absolute atomic E-state index is 11.4. The third-order valence-corrected chi connectivity index (χ3v) is 2.89. The molecule has 0 aliphatic heterocycles. The molecule has 0 radical (unpaired) electrons. The van der Waals surface area contributed by atoms with Crippen molar-refractivity contribution in [3.8, 4) is 0 Å². The van der Waals surface area contributed by atoms with Crippen LogP contribution in [0.1, 0.15) is 37.6 Å². The van der Waals surface area contributed by atoms with Crippen molar-refractivity contribution in [2.24, 2.45) is 5.73 Å². The molecule has 1 unspecified atom stereocenters. The zero-order valence-electron chi connectivity index (χ0n) is 10.6. The molecule has 4 N–H and O–H groups in total. The van der Waals surface area contributed by atoms with Crippen molar-refractivity contribution in [3.63, 3.8) is 0 Å². The SMILES string of the molecule is CCC(C)N(CC)c1ncc(N)cc1C(N)=O. The number of carbonyl (C=O) groups is 1. The number of nitrogen functional groups attached to an aromatic ring is 1. The summed E-state index contributed by atoms with van der Waals surface area (Å²) < 4.78 is 0. The number of hydrogen-bond acceptors (Lipinski definition) is 4. The number of anilines is 2. The maximum atomic E-state index is 11.4. The van der Waals surface area contributed by atoms with Gasteiger partial charge in [-0.3, -0.25) is 4.79 Å². The summed E-state index contributed by atoms with van der Waals surface area (Å²) in [4.78, 5) is 17.7. The first-order valence-electron chi connectivity index (χ1n) is 5.83. The van der Waals surface area contributed by atoms with Gasteiger partial charge in [0.05, 0.1) is 17.4 Å². The molecular formula is C12H20N4O. The molecule has 1 rings (SSSR count). The van der Waals surface area contributed by atoms with E-state index in [-0.39, 0.29) is 0 Å². The van der Waals surface area contributed by atoms with Gasteiger partial charge in [-0.1, -0.05) is 6.92 Å². The van der Waals surface area contributed by atoms with Crippen molar-refractivity contribution in [1.82, 2.24) is 4.98 Å². The Morgan fingerprint density at radius 1 is 1.53 bits per heavy atom. The lowest BCUT2D eigenvalue weighted by Gasteiger charge is -2.29. The average Bonchev–Trinajstić information content (AvgIpc) is 2.31. The summed E-state index contributed by atoms with van der Waals surface area (Å²) in [6, 6.07) is 1.88. The summed E-state index contributed by atoms with van der Waals surface area (Å²) in [5, 5.41) is 0. The van der Waals surface area contributed by atoms with Crippen LogP contribution in [0.15, 0.2) is 12.3 Å². The fourth-order valence-electron chi connectivity index (χ4n) is 1.77. The van der Waals surface area contributed by atoms with Crippen LogP contribution < -0.4 is 16.4 Å². The summed E-state index contributed by atoms with van der Waals surface area (Å²) in [5.41, 5.74) is 11.8. The van der Waals surface area contributed by atoms with Gasteiger partial charge in [0, 0.05) is 12.6 Å². The molecule has 0 saturated heterocycles. The van der Waals surface area contributed by atoms with Crippen LogP contribution in [0, 0.1) is 0 Å². The van der Waals surface area contributed by atoms with Crippen LogP contribution in [-0.2, 0) is 0 Å². The van der Waals surface area contributed by atoms with Gasteiger partial charge in [0.15, 0.2) is 0 Å². The Hall–Kier alpha value is -1.78. The Morgan fingerprint density at radius 3 is 2.65 bits per heavy atom. The normalized spacial score (nSPS) is 12.2. The minimum Gasteiger partial charge on any atom is -0.397 e. The largest absolute Gasteiger partial charge is 0.397 e. The van der Waals surface area contributed by atoms with E-state index < -0.39 is 5.91 Å². The monoisotopic (exact) mass is 236 g/mol. The van der Waals surface area contributed by atoms with E-state index >= 15 is 0 Å². The molecule has 94 valence electrons. The summed E-state index contributed by atoms with van der Waals surface area (Å²) in [6.07, 6.45) is 2.52. The molecule has 0 aromatic carbocycles. The summed E-state index contributed by atoms with van der Waals surface area (Å²) in [6.45, 7) is 6.97. The number of aromatic nitrogens is 1. The van der Waals surface area contributed by atoms with Crippen molar-refractivity contribution in [3.05, 3.63) is 17.8 Å². The molecular weight excluding hydrogens is 216 g/mol. The van der Waals surface area contributed by atoms with E-state index in [1.165, 1.54) is 0 Å². The molecule has 1 aromatic heterocycles. The third kappa shape index (κ3) is 2.87. The van der Waals surface area contributed by atoms with E-state index in [4.69, 9.17) is 11.5 Å². The Bertz CT molecular complexity index is 405. The smallest absolute Gasteiger partial charge is 0.252 e. The topological polar surface area (TPSA) is 85.2 Å². The Kier molecular flexibility index (Phi) is 4.31. The third-order valence-electron chi connectivity index (χ3n) is 2.89. The van der Waals surface area contributed by atoms with Crippen LogP contribution in [-0.4, -0.2) is 23.5 Å². The highest BCUT2D eigenvalue weighted by atomic mass is 16.1. The number of amides is 1. The Labute approximate surface area is 102 Å². The van der Waals surface area contributed by atoms with Crippen molar-refractivity contribution < 1.29 is 4.79 Å². The number of rotatable bonds is 5. The first kappa shape index (κ1) is 13.3. The Morgan fingerprint density at radius 2 is 2.18 bits per heavy atom. The van der Waals surface area contributed by atoms with Gasteiger partial charge in [-0.2, -0.15) is 0 Å². The molecule has 1 atom stereocenters. The molecule has 17 heavy (non-hydrogen) atoms. The van der Waals surface area contributed by atoms with Crippen LogP contribution >= 0.6 is 0 Å². The fraction of sp³-hybridized carbons (Fsp3) is 0.500. The average molecular weight is 236 g/mol. The lowest BCUT2D eigenvalue weighted by molar-refractivity contribution is 0.100. The quantitative estimate of drug-likeness (QED) is 0.809. The highest BCUT2D eigenvalue weighted by Gasteiger charge is 2.19. The second-order valence-corrected chi connectivity index (χ2v) is 4.05. The van der Waals surface area contributed by atoms with E-state index in [9.17, 15) is 4.79 Å². The fourth-order valence-corrected chi connectivity index (χ4v) is 1.77. The molecule has 0 fully saturated rings. The van der Waals surface area contributed by atoms with Crippen LogP contribution in [0.2, 0.25) is 0 Å². The lowest BCUT2D eigenvalue weighted by Crippen LogP contribution is -2.35. The molecule has 0 aliphatic rings. The zero-order chi connectivity index (χ0) is 13.0. The molecule has 0 bridgehead atoms. The van der Waals surface area contributed by atoms with Gasteiger partial charge in [-0.15, -0.1) is 0 Å². The number of pyridine rings is 1. The van der Waals surface area contributed by atoms with Crippen molar-refractivity contribution in [2.75, 3.05) is 17.2 Å². The first-order chi connectivity index (χ1) is 8.01. The number of nitrogens with zero attached hydrogens (tertiary/aromatic N) is 2. The predicted octanol–water partition coefficient (Wildman–Crippen LogP) is 1.39. The van der Waals surface area contributed by atoms with Crippen LogP contribution in [0.5, 0.6) is 0 Å². The molecule has 1 heterocycles. The van der Waals surface area contributed by atoms with E-state index in [2.05, 4.69) is 23.7 Å². The minimum atomic E-state index is -0.499. The summed E-state index contributed by atoms with van der Waals surface area (Å²) in [7, 11) is 0. The Balaban J connectivity index is 3.23. The standard InChI is InChI=1S/C12H20N4O/c1-4-8(3)16(5-2)12-10(11(14)17)6-9(13)7-15-12/h6-8H,4-5,13H2,1-3H3,(H2,14,17). The van der Waals surface area contributed by atoms with Gasteiger partial charge in [0.2, 0.25) is 0 Å². The van der Waals surface area contributed by atoms with Gasteiger partial charge in [0.25, 0.3) is 5.91 Å². The summed E-state index contributed by atoms with van der Waals surface area (Å²) in [5.74, 6) is 0.116. The lowest BCUT2D eigenvalue weighted by atomic mass is 10.1. The highest BCUT2D eigenvalue weighted by Crippen LogP contribution is 2.22. The van der Waals surface area contributed by atoms with Crippen LogP contribution in [0.3, 0.4) is 0 Å². The second-order valence-electron chi connectivity index (χ2n) is 4.05. The predicted molar refractivity (Wildman–Crippen MR) is 69.9 cm³/mol. The molecule has 0 saturated carbocycles. The van der Waals surface area contributed by atoms with Crippen molar-refractivity contribution in [2.45, 2.75) is 33.2 Å². The van der Waals surface area contributed by atoms with Gasteiger partial charge in [-0.25, -0.2) is 4.98 Å². The number of primary amides is 1. The second kappa shape index (κ2) is 5.52. The molecule has 5 nitrogen and oxygen atoms in total. The van der Waals surface area contributed by atoms with Crippen molar-refractivity contribution in [1.29, 1.82) is 0 Å². The summed E-state index contributed by atoms with van der Waals surface area (Å²) >= 11 is 0. The van der Waals surface area contributed by atoms with E-state index in [0.717, 1.165) is 13.0 Å². The van der Waals surface area contributed by atoms with Crippen LogP contribution in [0.4, 0.5) is 11.5 Å². The molecule has 1 aromatic rings. The van der Waals surface area contributed by atoms with E-state index in [0.29, 0.717) is 23.1 Å². The number of carbonyl (C=O) groups excluding carboxylic acids is 1. The molecule has 0 aliphatic carbocycles. The first-order valence-corrected chi connectivity index (χ1v) is 5.83. The minimum absolute atomic E-state index is 0.300. The van der Waals surface area contributed by atoms with Gasteiger partial charge in [0.1, 0.15) is 5.82 Å². The molecule has 1 amide bonds. The zero-order valence-corrected chi connectivity index (χ0v) is 10.6. The van der Waals surface area contributed by atoms with Gasteiger partial charge < -0.3 is 16.4 Å². The van der Waals surface area contributed by atoms with E-state index in [1.807, 2.05) is 6.92 Å². The van der Waals surface area contributed by atoms with Crippen molar-refractivity contribution >= 4 is 17.4 Å². The van der Waals surface area contributed by atoms with Gasteiger partial charge in [-0.05, 0) is 26.3 Å².